The third-order valence-corrected chi connectivity index (χ3v) is 7.64. The second-order valence-corrected chi connectivity index (χ2v) is 9.91. The summed E-state index contributed by atoms with van der Waals surface area (Å²) in [5.41, 5.74) is 2.86. The molecule has 0 spiro atoms. The Labute approximate surface area is 193 Å². The number of amides is 1. The van der Waals surface area contributed by atoms with Crippen LogP contribution in [0.2, 0.25) is 5.02 Å². The van der Waals surface area contributed by atoms with Crippen LogP contribution < -0.4 is 9.62 Å². The van der Waals surface area contributed by atoms with E-state index in [9.17, 15) is 17.6 Å². The van der Waals surface area contributed by atoms with Gasteiger partial charge in [0.2, 0.25) is 11.0 Å². The number of hydrogen-bond acceptors (Lipinski definition) is 7. The van der Waals surface area contributed by atoms with Crippen molar-refractivity contribution in [1.82, 2.24) is 19.7 Å². The summed E-state index contributed by atoms with van der Waals surface area (Å²) in [5, 5.41) is 7.35. The fraction of sp³-hybridized carbons (Fsp3) is 0.158. The van der Waals surface area contributed by atoms with E-state index in [1.165, 1.54) is 30.0 Å². The first-order valence-corrected chi connectivity index (χ1v) is 12.1. The summed E-state index contributed by atoms with van der Waals surface area (Å²) < 4.78 is 42.7. The number of nitrogens with one attached hydrogen (secondary N) is 1. The molecule has 4 aromatic rings. The van der Waals surface area contributed by atoms with Crippen LogP contribution in [0, 0.1) is 5.82 Å². The SMILES string of the molecule is O=C1[C@@H](n2cnc3c(Cl)c(F)ccc32)CCN1c1ccc(S(=O)(=O)Nc2nncs2)cc1.[HH].[HH]. The van der Waals surface area contributed by atoms with E-state index in [1.54, 1.807) is 27.7 Å². The van der Waals surface area contributed by atoms with E-state index < -0.39 is 21.9 Å². The number of halogens is 2. The molecule has 1 aliphatic rings. The maximum absolute atomic E-state index is 13.7. The van der Waals surface area contributed by atoms with E-state index in [1.807, 2.05) is 0 Å². The number of hydrogen-bond donors (Lipinski definition) is 1. The highest BCUT2D eigenvalue weighted by Gasteiger charge is 2.35. The van der Waals surface area contributed by atoms with Gasteiger partial charge >= 0.3 is 0 Å². The van der Waals surface area contributed by atoms with Crippen molar-refractivity contribution in [2.75, 3.05) is 16.2 Å². The lowest BCUT2D eigenvalue weighted by Gasteiger charge is -2.18. The van der Waals surface area contributed by atoms with Crippen molar-refractivity contribution in [2.24, 2.45) is 0 Å². The van der Waals surface area contributed by atoms with Crippen LogP contribution in [0.3, 0.4) is 0 Å². The van der Waals surface area contributed by atoms with Gasteiger partial charge in [-0.3, -0.25) is 9.52 Å². The van der Waals surface area contributed by atoms with E-state index in [0.29, 0.717) is 29.7 Å². The van der Waals surface area contributed by atoms with E-state index in [2.05, 4.69) is 19.9 Å². The van der Waals surface area contributed by atoms with Gasteiger partial charge < -0.3 is 9.47 Å². The Kier molecular flexibility index (Phi) is 5.07. The van der Waals surface area contributed by atoms with Crippen molar-refractivity contribution in [2.45, 2.75) is 17.4 Å². The number of sulfonamides is 1. The molecule has 13 heteroatoms. The standard InChI is InChI=1S/C19H14ClFN6O3S2.2H2/c20-16-13(21)5-6-14-17(16)22-9-27(14)15-7-8-26(18(15)28)11-1-3-12(4-2-11)32(29,30)25-19-24-23-10-31-19;;/h1-6,9-10,15H,7-8H2,(H,24,25);2*1H/t15-;;/m0../s1. The zero-order valence-electron chi connectivity index (χ0n) is 16.1. The van der Waals surface area contributed by atoms with Crippen molar-refractivity contribution in [3.8, 4) is 0 Å². The lowest BCUT2D eigenvalue weighted by atomic mass is 10.2. The number of fused-ring (bicyclic) bond motifs is 1. The second kappa shape index (κ2) is 7.80. The van der Waals surface area contributed by atoms with E-state index in [-0.39, 0.29) is 23.8 Å². The summed E-state index contributed by atoms with van der Waals surface area (Å²) in [6.45, 7) is 0.438. The quantitative estimate of drug-likeness (QED) is 0.448. The minimum Gasteiger partial charge on any atom is -0.318 e. The molecular formula is C19H18ClFN6O3S2. The molecule has 1 fully saturated rings. The highest BCUT2D eigenvalue weighted by Crippen LogP contribution is 2.33. The molecule has 168 valence electrons. The number of benzene rings is 2. The van der Waals surface area contributed by atoms with Crippen molar-refractivity contribution in [1.29, 1.82) is 0 Å². The van der Waals surface area contributed by atoms with Gasteiger partial charge in [-0.2, -0.15) is 0 Å². The number of aromatic nitrogens is 4. The zero-order chi connectivity index (χ0) is 22.5. The largest absolute Gasteiger partial charge is 0.318 e. The smallest absolute Gasteiger partial charge is 0.263 e. The maximum atomic E-state index is 13.7. The molecular weight excluding hydrogens is 479 g/mol. The Hall–Kier alpha value is -3.09. The second-order valence-electron chi connectivity index (χ2n) is 7.02. The molecule has 1 aliphatic heterocycles. The molecule has 5 rings (SSSR count). The number of carbonyl (C=O) groups is 1. The van der Waals surface area contributed by atoms with E-state index in [4.69, 9.17) is 11.6 Å². The van der Waals surface area contributed by atoms with Crippen LogP contribution in [-0.2, 0) is 14.8 Å². The first-order chi connectivity index (χ1) is 15.3. The molecule has 0 aliphatic carbocycles. The summed E-state index contributed by atoms with van der Waals surface area (Å²) in [7, 11) is -3.82. The zero-order valence-corrected chi connectivity index (χ0v) is 18.5. The Bertz CT molecular complexity index is 1430. The summed E-state index contributed by atoms with van der Waals surface area (Å²) in [4.78, 5) is 18.9. The fourth-order valence-corrected chi connectivity index (χ4v) is 5.57. The van der Waals surface area contributed by atoms with Crippen molar-refractivity contribution >= 4 is 60.7 Å². The van der Waals surface area contributed by atoms with Crippen LogP contribution in [0.1, 0.15) is 15.3 Å². The highest BCUT2D eigenvalue weighted by molar-refractivity contribution is 7.93. The molecule has 2 aromatic carbocycles. The molecule has 3 heterocycles. The molecule has 1 saturated heterocycles. The molecule has 1 amide bonds. The molecule has 2 aromatic heterocycles. The van der Waals surface area contributed by atoms with Crippen molar-refractivity contribution < 1.29 is 20.5 Å². The molecule has 9 nitrogen and oxygen atoms in total. The lowest BCUT2D eigenvalue weighted by Crippen LogP contribution is -2.28. The number of nitrogens with zero attached hydrogens (tertiary/aromatic N) is 5. The van der Waals surface area contributed by atoms with Gasteiger partial charge in [0.05, 0.1) is 16.7 Å². The van der Waals surface area contributed by atoms with Crippen molar-refractivity contribution in [3.63, 3.8) is 0 Å². The van der Waals surface area contributed by atoms with Crippen LogP contribution in [-0.4, -0.2) is 40.6 Å². The van der Waals surface area contributed by atoms with Gasteiger partial charge in [0, 0.05) is 15.1 Å². The number of imidazole rings is 1. The van der Waals surface area contributed by atoms with Gasteiger partial charge in [0.15, 0.2) is 0 Å². The van der Waals surface area contributed by atoms with Gasteiger partial charge in [-0.25, -0.2) is 17.8 Å². The third-order valence-electron chi connectivity index (χ3n) is 5.19. The van der Waals surface area contributed by atoms with Gasteiger partial charge in [0.1, 0.15) is 27.9 Å². The van der Waals surface area contributed by atoms with Crippen LogP contribution in [0.25, 0.3) is 11.0 Å². The summed E-state index contributed by atoms with van der Waals surface area (Å²) in [6, 6.07) is 8.27. The molecule has 0 bridgehead atoms. The van der Waals surface area contributed by atoms with E-state index in [0.717, 1.165) is 11.3 Å². The molecule has 0 saturated carbocycles. The Morgan fingerprint density at radius 3 is 2.72 bits per heavy atom. The van der Waals surface area contributed by atoms with Gasteiger partial charge in [-0.15, -0.1) is 10.2 Å². The van der Waals surface area contributed by atoms with Gasteiger partial charge in [-0.1, -0.05) is 22.9 Å². The molecule has 1 atom stereocenters. The number of carbonyl (C=O) groups excluding carboxylic acids is 1. The van der Waals surface area contributed by atoms with Crippen LogP contribution in [0.4, 0.5) is 15.2 Å². The van der Waals surface area contributed by atoms with Gasteiger partial charge in [-0.05, 0) is 42.8 Å². The monoisotopic (exact) mass is 496 g/mol. The maximum Gasteiger partial charge on any atom is 0.263 e. The Morgan fingerprint density at radius 2 is 2.00 bits per heavy atom. The molecule has 0 unspecified atom stereocenters. The predicted octanol–water partition coefficient (Wildman–Crippen LogP) is 3.95. The minimum absolute atomic E-state index is 0. The normalized spacial score (nSPS) is 16.8. The molecule has 0 radical (unpaired) electrons. The highest BCUT2D eigenvalue weighted by atomic mass is 35.5. The molecule has 32 heavy (non-hydrogen) atoms. The average molecular weight is 497 g/mol. The average Bonchev–Trinajstić information content (AvgIpc) is 3.51. The molecule has 1 N–H and O–H groups in total. The van der Waals surface area contributed by atoms with Crippen LogP contribution in [0.15, 0.2) is 53.1 Å². The number of rotatable bonds is 5. The van der Waals surface area contributed by atoms with Crippen LogP contribution in [0.5, 0.6) is 0 Å². The topological polar surface area (TPSA) is 110 Å². The van der Waals surface area contributed by atoms with Crippen LogP contribution >= 0.6 is 22.9 Å². The lowest BCUT2D eigenvalue weighted by molar-refractivity contribution is -0.119. The first kappa shape index (κ1) is 20.8. The Morgan fingerprint density at radius 1 is 1.22 bits per heavy atom. The van der Waals surface area contributed by atoms with E-state index >= 15 is 0 Å². The summed E-state index contributed by atoms with van der Waals surface area (Å²) >= 11 is 7.06. The first-order valence-electron chi connectivity index (χ1n) is 9.36. The predicted molar refractivity (Wildman–Crippen MR) is 122 cm³/mol. The minimum atomic E-state index is -3.82. The summed E-state index contributed by atoms with van der Waals surface area (Å²) in [5.74, 6) is -0.744. The fourth-order valence-electron chi connectivity index (χ4n) is 3.67. The van der Waals surface area contributed by atoms with Crippen molar-refractivity contribution in [3.05, 3.63) is 59.1 Å². The number of anilines is 2. The summed E-state index contributed by atoms with van der Waals surface area (Å²) in [6.07, 6.45) is 1.99. The van der Waals surface area contributed by atoms with Gasteiger partial charge in [0.25, 0.3) is 10.0 Å². The Balaban J connectivity index is 0.00000162. The third kappa shape index (κ3) is 3.49.